The third-order valence-corrected chi connectivity index (χ3v) is 4.05. The molecule has 0 spiro atoms. The Morgan fingerprint density at radius 1 is 1.48 bits per heavy atom. The Labute approximate surface area is 129 Å². The maximum atomic E-state index is 6.08. The van der Waals surface area contributed by atoms with E-state index >= 15 is 0 Å². The van der Waals surface area contributed by atoms with Crippen molar-refractivity contribution in [2.75, 3.05) is 7.11 Å². The van der Waals surface area contributed by atoms with Crippen molar-refractivity contribution in [1.29, 1.82) is 0 Å². The van der Waals surface area contributed by atoms with Crippen molar-refractivity contribution in [3.05, 3.63) is 40.9 Å². The molecule has 0 saturated heterocycles. The first-order valence-electron chi connectivity index (χ1n) is 7.14. The van der Waals surface area contributed by atoms with Crippen LogP contribution >= 0.6 is 11.6 Å². The van der Waals surface area contributed by atoms with E-state index in [0.717, 1.165) is 17.1 Å². The van der Waals surface area contributed by atoms with Crippen LogP contribution in [-0.2, 0) is 6.54 Å². The molecule has 1 heterocycles. The second-order valence-corrected chi connectivity index (χ2v) is 5.81. The molecule has 3 rings (SSSR count). The Bertz CT molecular complexity index is 624. The van der Waals surface area contributed by atoms with Gasteiger partial charge in [-0.2, -0.15) is 0 Å². The summed E-state index contributed by atoms with van der Waals surface area (Å²) in [6.45, 7) is 2.76. The van der Waals surface area contributed by atoms with Gasteiger partial charge >= 0.3 is 0 Å². The third kappa shape index (κ3) is 3.19. The zero-order valence-corrected chi connectivity index (χ0v) is 13.0. The summed E-state index contributed by atoms with van der Waals surface area (Å²) < 4.78 is 7.56. The zero-order chi connectivity index (χ0) is 14.8. The van der Waals surface area contributed by atoms with Gasteiger partial charge in [-0.05, 0) is 38.0 Å². The fourth-order valence-corrected chi connectivity index (χ4v) is 2.63. The lowest BCUT2D eigenvalue weighted by Crippen LogP contribution is -2.21. The van der Waals surface area contributed by atoms with E-state index < -0.39 is 0 Å². The van der Waals surface area contributed by atoms with Gasteiger partial charge in [-0.15, -0.1) is 10.2 Å². The summed E-state index contributed by atoms with van der Waals surface area (Å²) in [5, 5.41) is 12.4. The van der Waals surface area contributed by atoms with Crippen LogP contribution in [0.4, 0.5) is 0 Å². The number of halogens is 1. The maximum absolute atomic E-state index is 6.08. The van der Waals surface area contributed by atoms with E-state index in [0.29, 0.717) is 17.6 Å². The molecule has 0 aliphatic heterocycles. The van der Waals surface area contributed by atoms with E-state index in [1.807, 2.05) is 24.5 Å². The molecule has 1 aromatic heterocycles. The number of hydrogen-bond acceptors (Lipinski definition) is 4. The standard InChI is InChI=1S/C15H19ClN4O/c1-10(13-7-11(16)3-6-14(13)21-2)17-8-15-19-18-9-20(15)12-4-5-12/h3,6-7,9-10,12,17H,4-5,8H2,1-2H3/t10-/m1/s1. The molecule has 21 heavy (non-hydrogen) atoms. The number of rotatable bonds is 6. The first kappa shape index (κ1) is 14.4. The summed E-state index contributed by atoms with van der Waals surface area (Å²) in [6.07, 6.45) is 4.27. The van der Waals surface area contributed by atoms with Crippen molar-refractivity contribution in [3.63, 3.8) is 0 Å². The molecule has 0 unspecified atom stereocenters. The lowest BCUT2D eigenvalue weighted by atomic mass is 10.1. The molecule has 0 amide bonds. The zero-order valence-electron chi connectivity index (χ0n) is 12.2. The van der Waals surface area contributed by atoms with E-state index in [1.54, 1.807) is 7.11 Å². The Balaban J connectivity index is 1.70. The summed E-state index contributed by atoms with van der Waals surface area (Å²) in [4.78, 5) is 0. The van der Waals surface area contributed by atoms with Crippen LogP contribution in [0.1, 0.15) is 43.2 Å². The molecule has 1 atom stereocenters. The average molecular weight is 307 g/mol. The van der Waals surface area contributed by atoms with Crippen molar-refractivity contribution in [1.82, 2.24) is 20.1 Å². The summed E-state index contributed by atoms with van der Waals surface area (Å²) in [7, 11) is 1.67. The number of ether oxygens (including phenoxy) is 1. The van der Waals surface area contributed by atoms with E-state index in [4.69, 9.17) is 16.3 Å². The number of nitrogens with one attached hydrogen (secondary N) is 1. The van der Waals surface area contributed by atoms with Crippen LogP contribution in [0.5, 0.6) is 5.75 Å². The summed E-state index contributed by atoms with van der Waals surface area (Å²) in [6, 6.07) is 6.36. The molecule has 1 aliphatic rings. The molecule has 112 valence electrons. The SMILES string of the molecule is COc1ccc(Cl)cc1[C@@H](C)NCc1nncn1C1CC1. The highest BCUT2D eigenvalue weighted by Crippen LogP contribution is 2.35. The van der Waals surface area contributed by atoms with Gasteiger partial charge in [-0.3, -0.25) is 0 Å². The molecule has 5 nitrogen and oxygen atoms in total. The number of hydrogen-bond donors (Lipinski definition) is 1. The van der Waals surface area contributed by atoms with Crippen molar-refractivity contribution < 1.29 is 4.74 Å². The molecule has 1 aromatic carbocycles. The highest BCUT2D eigenvalue weighted by atomic mass is 35.5. The molecule has 6 heteroatoms. The fourth-order valence-electron chi connectivity index (χ4n) is 2.45. The summed E-state index contributed by atoms with van der Waals surface area (Å²) >= 11 is 6.08. The average Bonchev–Trinajstić information content (AvgIpc) is 3.23. The minimum atomic E-state index is 0.114. The smallest absolute Gasteiger partial charge is 0.147 e. The van der Waals surface area contributed by atoms with E-state index in [9.17, 15) is 0 Å². The van der Waals surface area contributed by atoms with Crippen LogP contribution in [0.2, 0.25) is 5.02 Å². The van der Waals surface area contributed by atoms with Crippen molar-refractivity contribution in [2.24, 2.45) is 0 Å². The molecule has 1 saturated carbocycles. The first-order chi connectivity index (χ1) is 10.2. The van der Waals surface area contributed by atoms with Gasteiger partial charge < -0.3 is 14.6 Å². The van der Waals surface area contributed by atoms with Gasteiger partial charge in [0.25, 0.3) is 0 Å². The second kappa shape index (κ2) is 6.03. The van der Waals surface area contributed by atoms with Gasteiger partial charge in [-0.1, -0.05) is 11.6 Å². The largest absolute Gasteiger partial charge is 0.496 e. The van der Waals surface area contributed by atoms with Crippen LogP contribution in [0.15, 0.2) is 24.5 Å². The van der Waals surface area contributed by atoms with Gasteiger partial charge in [0.2, 0.25) is 0 Å². The molecule has 0 radical (unpaired) electrons. The second-order valence-electron chi connectivity index (χ2n) is 5.37. The van der Waals surface area contributed by atoms with Crippen LogP contribution in [0, 0.1) is 0 Å². The van der Waals surface area contributed by atoms with Crippen molar-refractivity contribution in [3.8, 4) is 5.75 Å². The molecular weight excluding hydrogens is 288 g/mol. The molecule has 0 bridgehead atoms. The Hall–Kier alpha value is -1.59. The first-order valence-corrected chi connectivity index (χ1v) is 7.52. The highest BCUT2D eigenvalue weighted by Gasteiger charge is 2.26. The molecule has 1 fully saturated rings. The van der Waals surface area contributed by atoms with Crippen LogP contribution in [0.25, 0.3) is 0 Å². The third-order valence-electron chi connectivity index (χ3n) is 3.81. The number of aromatic nitrogens is 3. The van der Waals surface area contributed by atoms with Crippen LogP contribution in [0.3, 0.4) is 0 Å². The van der Waals surface area contributed by atoms with Gasteiger partial charge in [0, 0.05) is 22.7 Å². The summed E-state index contributed by atoms with van der Waals surface area (Å²) in [5.74, 6) is 1.81. The molecular formula is C15H19ClN4O. The van der Waals surface area contributed by atoms with E-state index in [1.165, 1.54) is 12.8 Å². The fraction of sp³-hybridized carbons (Fsp3) is 0.467. The minimum absolute atomic E-state index is 0.114. The molecule has 1 N–H and O–H groups in total. The lowest BCUT2D eigenvalue weighted by Gasteiger charge is -2.17. The van der Waals surface area contributed by atoms with Gasteiger partial charge in [0.1, 0.15) is 17.9 Å². The topological polar surface area (TPSA) is 52.0 Å². The number of methoxy groups -OCH3 is 1. The van der Waals surface area contributed by atoms with Crippen LogP contribution < -0.4 is 10.1 Å². The minimum Gasteiger partial charge on any atom is -0.496 e. The number of benzene rings is 1. The quantitative estimate of drug-likeness (QED) is 0.891. The number of nitrogens with zero attached hydrogens (tertiary/aromatic N) is 3. The highest BCUT2D eigenvalue weighted by molar-refractivity contribution is 6.30. The lowest BCUT2D eigenvalue weighted by molar-refractivity contribution is 0.400. The molecule has 2 aromatic rings. The van der Waals surface area contributed by atoms with Gasteiger partial charge in [-0.25, -0.2) is 0 Å². The maximum Gasteiger partial charge on any atom is 0.147 e. The normalized spacial score (nSPS) is 16.0. The Morgan fingerprint density at radius 3 is 3.00 bits per heavy atom. The van der Waals surface area contributed by atoms with Gasteiger partial charge in [0.05, 0.1) is 13.7 Å². The van der Waals surface area contributed by atoms with E-state index in [-0.39, 0.29) is 6.04 Å². The predicted octanol–water partition coefficient (Wildman–Crippen LogP) is 3.13. The van der Waals surface area contributed by atoms with Crippen molar-refractivity contribution in [2.45, 2.75) is 38.4 Å². The van der Waals surface area contributed by atoms with Crippen molar-refractivity contribution >= 4 is 11.6 Å². The molecule has 1 aliphatic carbocycles. The van der Waals surface area contributed by atoms with Crippen LogP contribution in [-0.4, -0.2) is 21.9 Å². The summed E-state index contributed by atoms with van der Waals surface area (Å²) in [5.41, 5.74) is 1.04. The van der Waals surface area contributed by atoms with E-state index in [2.05, 4.69) is 27.0 Å². The Morgan fingerprint density at radius 2 is 2.29 bits per heavy atom. The monoisotopic (exact) mass is 306 g/mol. The van der Waals surface area contributed by atoms with Gasteiger partial charge in [0.15, 0.2) is 0 Å². The predicted molar refractivity (Wildman–Crippen MR) is 81.6 cm³/mol. The Kier molecular flexibility index (Phi) is 4.12.